The lowest BCUT2D eigenvalue weighted by Crippen LogP contribution is -2.68. The number of aliphatic hydroxyl groups excluding tert-OH is 2. The van der Waals surface area contributed by atoms with Crippen molar-refractivity contribution >= 4 is 40.1 Å². The first kappa shape index (κ1) is 103. The molecular formula is C118H136N8O12S4. The lowest BCUT2D eigenvalue weighted by atomic mass is 9.74. The number of aliphatic hydroxyl groups is 2. The summed E-state index contributed by atoms with van der Waals surface area (Å²) in [5, 5.41) is 20.5. The van der Waals surface area contributed by atoms with Crippen molar-refractivity contribution in [3.8, 4) is 44.5 Å². The second-order valence-corrected chi connectivity index (χ2v) is 47.2. The van der Waals surface area contributed by atoms with Gasteiger partial charge in [-0.1, -0.05) is 313 Å². The molecule has 6 fully saturated rings. The van der Waals surface area contributed by atoms with Gasteiger partial charge in [0.15, 0.2) is 0 Å². The number of methoxy groups -OCH3 is 2. The van der Waals surface area contributed by atoms with Gasteiger partial charge in [-0.05, 0) is 207 Å². The lowest BCUT2D eigenvalue weighted by Gasteiger charge is -2.57. The van der Waals surface area contributed by atoms with Crippen LogP contribution in [0.3, 0.4) is 0 Å². The van der Waals surface area contributed by atoms with E-state index in [0.717, 1.165) is 89.8 Å². The molecule has 142 heavy (non-hydrogen) atoms. The first-order chi connectivity index (χ1) is 68.6. The number of fused-ring (bicyclic) bond motifs is 4. The fourth-order valence-corrected chi connectivity index (χ4v) is 29.8. The molecule has 0 unspecified atom stereocenters. The van der Waals surface area contributed by atoms with E-state index in [-0.39, 0.29) is 85.2 Å². The Labute approximate surface area is 842 Å². The van der Waals surface area contributed by atoms with Gasteiger partial charge < -0.3 is 19.7 Å². The van der Waals surface area contributed by atoms with E-state index in [1.807, 2.05) is 101 Å². The Morgan fingerprint density at radius 1 is 0.261 bits per heavy atom. The summed E-state index contributed by atoms with van der Waals surface area (Å²) in [6.45, 7) is 24.2. The third kappa shape index (κ3) is 22.0. The zero-order valence-corrected chi connectivity index (χ0v) is 86.5. The van der Waals surface area contributed by atoms with E-state index >= 15 is 0 Å². The Morgan fingerprint density at radius 3 is 0.789 bits per heavy atom. The van der Waals surface area contributed by atoms with Crippen LogP contribution in [0.5, 0.6) is 0 Å². The molecule has 8 heterocycles. The fourth-order valence-electron chi connectivity index (χ4n) is 23.1. The van der Waals surface area contributed by atoms with Gasteiger partial charge in [0.25, 0.3) is 0 Å². The van der Waals surface area contributed by atoms with Gasteiger partial charge in [0.1, 0.15) is 0 Å². The molecule has 0 bridgehead atoms. The summed E-state index contributed by atoms with van der Waals surface area (Å²) >= 11 is 0. The Balaban J connectivity index is 0.000000130. The highest BCUT2D eigenvalue weighted by atomic mass is 32.2. The van der Waals surface area contributed by atoms with Gasteiger partial charge in [-0.15, -0.1) is 0 Å². The molecule has 8 aliphatic rings. The maximum Gasteiger partial charge on any atom is 0.243 e. The lowest BCUT2D eigenvalue weighted by molar-refractivity contribution is -0.0635. The van der Waals surface area contributed by atoms with Crippen LogP contribution in [0.15, 0.2) is 335 Å². The molecule has 0 aliphatic carbocycles. The summed E-state index contributed by atoms with van der Waals surface area (Å²) in [7, 11) is -10.9. The third-order valence-electron chi connectivity index (χ3n) is 30.5. The van der Waals surface area contributed by atoms with E-state index in [1.54, 1.807) is 73.9 Å². The van der Waals surface area contributed by atoms with Crippen LogP contribution in [0.4, 0.5) is 0 Å². The zero-order valence-electron chi connectivity index (χ0n) is 83.3. The highest BCUT2D eigenvalue weighted by molar-refractivity contribution is 7.90. The molecule has 744 valence electrons. The van der Waals surface area contributed by atoms with Crippen molar-refractivity contribution in [2.45, 2.75) is 173 Å². The predicted molar refractivity (Wildman–Crippen MR) is 569 cm³/mol. The molecule has 20 rings (SSSR count). The normalized spacial score (nSPS) is 23.7. The quantitative estimate of drug-likeness (QED) is 0.0602. The van der Waals surface area contributed by atoms with Crippen LogP contribution >= 0.6 is 0 Å². The molecule has 12 atom stereocenters. The maximum absolute atomic E-state index is 13.7. The van der Waals surface area contributed by atoms with Crippen molar-refractivity contribution < 1.29 is 53.4 Å². The van der Waals surface area contributed by atoms with Crippen LogP contribution in [-0.4, -0.2) is 248 Å². The Kier molecular flexibility index (Phi) is 32.9. The standard InChI is InChI=1S/C30H36N2O3S.C30H34N2O3S.C29H34N2O3S.C29H32N2O3S/c2*1-22-9-8-11-26(19-22)24-13-15-25(16-14-24)30-27-20-31(17-6-7-18-32(27)28(30)21-35-3)36(33,34)29-12-5-4-10-23(29)2;2*1-21-8-7-10-25(18-21)23-12-14-24(15-13-23)29-26-19-30(16-5-6-17-31(26)27(29)20-32)35(33,34)28-11-4-3-9-22(28)2/h4-5,8-16,19,27-28,30H,6-7,17-18,20-21H2,1-3H3;4-16,19,27-28,30H,17-18,20-21H2,1-3H3;3-4,7-15,18,26-27,29,32H,5-6,16-17,19-20H2,1-2H3;3-15,18,26-27,29,32H,16-17,19-20H2,1-2H3/b;7-6-;;6-5-/t2*27-,28+,30-;2*26-,27+,29-/m0000/s1. The van der Waals surface area contributed by atoms with Gasteiger partial charge in [0.05, 0.1) is 46.0 Å². The minimum Gasteiger partial charge on any atom is -0.395 e. The number of sulfonamides is 4. The van der Waals surface area contributed by atoms with Gasteiger partial charge in [-0.2, -0.15) is 17.2 Å². The molecule has 24 heteroatoms. The van der Waals surface area contributed by atoms with Crippen molar-refractivity contribution in [2.24, 2.45) is 0 Å². The Bertz CT molecular complexity index is 6930. The summed E-state index contributed by atoms with van der Waals surface area (Å²) in [6, 6.07) is 98.4. The molecular weight excluding hydrogens is 1850 g/mol. The number of nitrogens with zero attached hydrogens (tertiary/aromatic N) is 8. The van der Waals surface area contributed by atoms with E-state index in [4.69, 9.17) is 9.47 Å². The first-order valence-electron chi connectivity index (χ1n) is 50.0. The molecule has 0 aromatic heterocycles. The molecule has 8 aliphatic heterocycles. The molecule has 20 nitrogen and oxygen atoms in total. The second-order valence-electron chi connectivity index (χ2n) is 39.5. The van der Waals surface area contributed by atoms with Crippen LogP contribution in [-0.2, 0) is 49.6 Å². The second kappa shape index (κ2) is 45.4. The van der Waals surface area contributed by atoms with Crippen LogP contribution in [0, 0.1) is 55.4 Å². The van der Waals surface area contributed by atoms with Crippen molar-refractivity contribution in [1.29, 1.82) is 0 Å². The predicted octanol–water partition coefficient (Wildman–Crippen LogP) is 19.2. The van der Waals surface area contributed by atoms with Gasteiger partial charge in [-0.25, -0.2) is 33.7 Å². The summed E-state index contributed by atoms with van der Waals surface area (Å²) in [6.07, 6.45) is 11.6. The van der Waals surface area contributed by atoms with Crippen molar-refractivity contribution in [3.05, 3.63) is 382 Å². The molecule has 0 spiro atoms. The van der Waals surface area contributed by atoms with E-state index in [2.05, 4.69) is 247 Å². The highest BCUT2D eigenvalue weighted by Crippen LogP contribution is 2.49. The molecule has 12 aromatic carbocycles. The van der Waals surface area contributed by atoms with Crippen molar-refractivity contribution in [1.82, 2.24) is 36.8 Å². The number of hydrogen-bond acceptors (Lipinski definition) is 16. The monoisotopic (exact) mass is 1980 g/mol. The van der Waals surface area contributed by atoms with E-state index in [1.165, 1.54) is 66.8 Å². The molecule has 0 radical (unpaired) electrons. The number of ether oxygens (including phenoxy) is 2. The van der Waals surface area contributed by atoms with E-state index in [0.29, 0.717) is 91.7 Å². The average Bonchev–Trinajstić information content (AvgIpc) is 0.742. The Morgan fingerprint density at radius 2 is 0.500 bits per heavy atom. The van der Waals surface area contributed by atoms with Gasteiger partial charge in [-0.3, -0.25) is 19.6 Å². The molecule has 6 saturated heterocycles. The number of benzene rings is 12. The maximum atomic E-state index is 13.7. The summed E-state index contributed by atoms with van der Waals surface area (Å²) < 4.78 is 127. The van der Waals surface area contributed by atoms with Gasteiger partial charge in [0, 0.05) is 152 Å². The van der Waals surface area contributed by atoms with Gasteiger partial charge in [0.2, 0.25) is 40.1 Å². The summed E-state index contributed by atoms with van der Waals surface area (Å²) in [5.74, 6) is 0.577. The molecule has 0 saturated carbocycles. The van der Waals surface area contributed by atoms with Crippen LogP contribution < -0.4 is 0 Å². The molecule has 0 amide bonds. The summed E-state index contributed by atoms with van der Waals surface area (Å²) in [5.41, 5.74) is 22.3. The SMILES string of the molecule is COC[C@@H]1[C@@H](c2ccc(-c3cccc(C)c3)cc2)[C@@H]2CN(S(=O)(=O)c3ccccc3C)C/C=C\CN12.COC[C@@H]1[C@@H](c2ccc(-c3cccc(C)c3)cc2)[C@@H]2CN(S(=O)(=O)c3ccccc3C)CCCCN12.Cc1cccc(-c2ccc([C@@H]3[C@@H](CO)N4C/C=C\CN(S(=O)(=O)c5ccccc5C)C[C@@H]34)cc2)c1.Cc1cccc(-c2ccc([C@@H]3[C@@H](CO)N4CCCCN(S(=O)(=O)c5ccccc5C)C[C@@H]34)cc2)c1. The molecule has 2 N–H and O–H groups in total. The number of hydrogen-bond donors (Lipinski definition) is 2. The van der Waals surface area contributed by atoms with E-state index in [9.17, 15) is 43.9 Å². The van der Waals surface area contributed by atoms with Gasteiger partial charge >= 0.3 is 0 Å². The first-order valence-corrected chi connectivity index (χ1v) is 55.8. The summed E-state index contributed by atoms with van der Waals surface area (Å²) in [4.78, 5) is 11.0. The fraction of sp³-hybridized carbons (Fsp3) is 0.356. The van der Waals surface area contributed by atoms with Crippen molar-refractivity contribution in [2.75, 3.05) is 119 Å². The van der Waals surface area contributed by atoms with Crippen LogP contribution in [0.2, 0.25) is 0 Å². The molecule has 12 aromatic rings. The smallest absolute Gasteiger partial charge is 0.243 e. The third-order valence-corrected chi connectivity index (χ3v) is 38.5. The average molecular weight is 1990 g/mol. The minimum absolute atomic E-state index is 0.000660. The van der Waals surface area contributed by atoms with E-state index < -0.39 is 40.1 Å². The number of aryl methyl sites for hydroxylation is 8. The van der Waals surface area contributed by atoms with Crippen LogP contribution in [0.25, 0.3) is 44.5 Å². The number of rotatable bonds is 22. The highest BCUT2D eigenvalue weighted by Gasteiger charge is 2.55. The largest absolute Gasteiger partial charge is 0.395 e. The topological polar surface area (TPSA) is 221 Å². The van der Waals surface area contributed by atoms with Crippen molar-refractivity contribution in [3.63, 3.8) is 0 Å². The van der Waals surface area contributed by atoms with Crippen LogP contribution in [0.1, 0.15) is 116 Å². The zero-order chi connectivity index (χ0) is 99.7. The Hall–Kier alpha value is -10.6. The minimum atomic E-state index is -3.64.